The number of carboxylic acid groups (broad SMARTS) is 1. The molecule has 8 atom stereocenters. The molecule has 0 aromatic heterocycles. The molecule has 2 aromatic carbocycles. The van der Waals surface area contributed by atoms with Gasteiger partial charge in [0.25, 0.3) is 0 Å². The summed E-state index contributed by atoms with van der Waals surface area (Å²) in [5, 5.41) is 55.7. The molecule has 5 rings (SSSR count). The van der Waals surface area contributed by atoms with E-state index in [1.165, 1.54) is 32.2 Å². The lowest BCUT2D eigenvalue weighted by atomic mass is 9.72. The molecule has 298 valence electrons. The van der Waals surface area contributed by atoms with Crippen molar-refractivity contribution in [1.82, 2.24) is 4.90 Å². The number of benzene rings is 2. The van der Waals surface area contributed by atoms with Crippen LogP contribution < -0.4 is 21.9 Å². The lowest BCUT2D eigenvalue weighted by Crippen LogP contribution is -2.63. The Hall–Kier alpha value is -4.82. The van der Waals surface area contributed by atoms with Gasteiger partial charge in [-0.1, -0.05) is 18.6 Å². The van der Waals surface area contributed by atoms with Gasteiger partial charge in [-0.2, -0.15) is 0 Å². The average Bonchev–Trinajstić information content (AvgIpc) is 3.13. The largest absolute Gasteiger partial charge is 0.507 e. The van der Waals surface area contributed by atoms with E-state index in [2.05, 4.69) is 0 Å². The summed E-state index contributed by atoms with van der Waals surface area (Å²) >= 11 is 0. The fraction of sp³-hybridized carbons (Fsp3) is 0.514. The number of methoxy groups -OCH3 is 1. The summed E-state index contributed by atoms with van der Waals surface area (Å²) in [6.45, 7) is 2.80. The maximum Gasteiger partial charge on any atom is 0.305 e. The van der Waals surface area contributed by atoms with E-state index >= 15 is 0 Å². The second kappa shape index (κ2) is 16.1. The molecule has 18 heteroatoms. The molecule has 2 aliphatic carbocycles. The Morgan fingerprint density at radius 3 is 2.29 bits per heavy atom. The number of phenols is 2. The van der Waals surface area contributed by atoms with Crippen molar-refractivity contribution >= 4 is 35.1 Å². The Morgan fingerprint density at radius 1 is 1.02 bits per heavy atom. The smallest absolute Gasteiger partial charge is 0.305 e. The number of hydrogen-bond donors (Lipinski definition) is 8. The number of imide groups is 1. The fourth-order valence-electron chi connectivity index (χ4n) is 7.56. The second-order valence-electron chi connectivity index (χ2n) is 14.2. The number of phenolic OH excluding ortho intramolecular Hbond substituents is 2. The number of fused-ring (bicyclic) bond motifs is 3. The summed E-state index contributed by atoms with van der Waals surface area (Å²) in [5.74, 6) is -7.48. The van der Waals surface area contributed by atoms with E-state index in [9.17, 15) is 54.3 Å². The minimum atomic E-state index is -2.23. The van der Waals surface area contributed by atoms with Gasteiger partial charge in [-0.15, -0.1) is 0 Å². The van der Waals surface area contributed by atoms with E-state index in [1.807, 2.05) is 0 Å². The van der Waals surface area contributed by atoms with Gasteiger partial charge < -0.3 is 56.9 Å². The predicted molar refractivity (Wildman–Crippen MR) is 189 cm³/mol. The number of amides is 2. The van der Waals surface area contributed by atoms with Gasteiger partial charge in [-0.3, -0.25) is 33.7 Å². The highest BCUT2D eigenvalue weighted by molar-refractivity contribution is 6.31. The molecular formula is C37H46N4O14. The number of aliphatic hydroxyl groups is 2. The molecule has 1 fully saturated rings. The molecule has 18 nitrogen and oxygen atoms in total. The van der Waals surface area contributed by atoms with Crippen LogP contribution in [0.3, 0.4) is 0 Å². The SMILES string of the molecule is COc1cccc2c1C(=O)c1c(O)c3c(c(O)c1C2=O)C[C@@](O)(C(C)=O)C[C@@H]3OC1CC(N(C(=O)[C@@H](N)CCCCN)C(=O)[C@@H](N)CC(=O)O)C(O)C(C)O1. The first kappa shape index (κ1) is 41.3. The summed E-state index contributed by atoms with van der Waals surface area (Å²) in [4.78, 5) is 80.2. The van der Waals surface area contributed by atoms with E-state index in [1.54, 1.807) is 0 Å². The first-order chi connectivity index (χ1) is 25.9. The van der Waals surface area contributed by atoms with Crippen LogP contribution in [0.15, 0.2) is 18.2 Å². The molecule has 0 radical (unpaired) electrons. The van der Waals surface area contributed by atoms with Crippen molar-refractivity contribution in [2.24, 2.45) is 17.2 Å². The molecular weight excluding hydrogens is 724 g/mol. The molecule has 1 saturated heterocycles. The number of rotatable bonds is 13. The molecule has 1 heterocycles. The minimum Gasteiger partial charge on any atom is -0.507 e. The van der Waals surface area contributed by atoms with Gasteiger partial charge in [0.1, 0.15) is 29.0 Å². The lowest BCUT2D eigenvalue weighted by Gasteiger charge is -2.45. The molecule has 0 bridgehead atoms. The number of Topliss-reactive ketones (excluding diaryl/α,β-unsaturated/α-hetero) is 1. The number of carboxylic acids is 1. The predicted octanol–water partition coefficient (Wildman–Crippen LogP) is -0.316. The summed E-state index contributed by atoms with van der Waals surface area (Å²) in [7, 11) is 1.28. The first-order valence-electron chi connectivity index (χ1n) is 17.8. The number of nitrogens with two attached hydrogens (primary N) is 3. The fourth-order valence-corrected chi connectivity index (χ4v) is 7.56. The van der Waals surface area contributed by atoms with E-state index in [4.69, 9.17) is 31.4 Å². The average molecular weight is 771 g/mol. The third-order valence-electron chi connectivity index (χ3n) is 10.5. The Bertz CT molecular complexity index is 1920. The monoisotopic (exact) mass is 770 g/mol. The van der Waals surface area contributed by atoms with Crippen molar-refractivity contribution in [1.29, 1.82) is 0 Å². The Labute approximate surface area is 315 Å². The van der Waals surface area contributed by atoms with Crippen LogP contribution in [0.1, 0.15) is 101 Å². The van der Waals surface area contributed by atoms with Crippen LogP contribution in [-0.4, -0.2) is 121 Å². The van der Waals surface area contributed by atoms with Gasteiger partial charge in [0, 0.05) is 36.0 Å². The van der Waals surface area contributed by atoms with Crippen molar-refractivity contribution < 1.29 is 68.5 Å². The number of ether oxygens (including phenoxy) is 3. The van der Waals surface area contributed by atoms with Crippen molar-refractivity contribution in [2.45, 2.75) is 107 Å². The van der Waals surface area contributed by atoms with Crippen molar-refractivity contribution in [3.8, 4) is 17.2 Å². The molecule has 4 unspecified atom stereocenters. The standard InChI is InChI=1S/C37H46N4O14/c1-15-30(45)21(41(36(51)20(40)11-24(43)44)35(50)19(39)8-4-5-10-38)12-25(54-15)55-23-14-37(52,16(2)42)13-18-27(23)34(49)29-28(32(18)47)31(46)17-7-6-9-22(53-3)26(17)33(29)48/h6-7,9,15,19-21,23,25,30,45,47,49,52H,4-5,8,10-14,38-40H2,1-3H3,(H,43,44)/t15?,19-,20-,21?,23-,25?,30?,37-/m0/s1. The van der Waals surface area contributed by atoms with Gasteiger partial charge in [0.15, 0.2) is 17.9 Å². The summed E-state index contributed by atoms with van der Waals surface area (Å²) in [6, 6.07) is -0.194. The van der Waals surface area contributed by atoms with E-state index in [-0.39, 0.29) is 34.4 Å². The van der Waals surface area contributed by atoms with Crippen LogP contribution in [0.5, 0.6) is 17.2 Å². The van der Waals surface area contributed by atoms with Crippen LogP contribution in [0.2, 0.25) is 0 Å². The number of ketones is 3. The number of aromatic hydroxyl groups is 2. The summed E-state index contributed by atoms with van der Waals surface area (Å²) in [5.41, 5.74) is 13.6. The zero-order valence-electron chi connectivity index (χ0n) is 30.5. The minimum absolute atomic E-state index is 0.0295. The zero-order valence-corrected chi connectivity index (χ0v) is 30.5. The van der Waals surface area contributed by atoms with Gasteiger partial charge in [0.05, 0.1) is 60.6 Å². The highest BCUT2D eigenvalue weighted by atomic mass is 16.7. The van der Waals surface area contributed by atoms with E-state index < -0.39 is 132 Å². The highest BCUT2D eigenvalue weighted by Gasteiger charge is 2.51. The molecule has 2 aromatic rings. The van der Waals surface area contributed by atoms with Crippen molar-refractivity contribution in [3.63, 3.8) is 0 Å². The number of unbranched alkanes of at least 4 members (excludes halogenated alkanes) is 1. The van der Waals surface area contributed by atoms with Crippen molar-refractivity contribution in [3.05, 3.63) is 51.6 Å². The molecule has 0 saturated carbocycles. The number of nitrogens with zero attached hydrogens (tertiary/aromatic N) is 1. The van der Waals surface area contributed by atoms with Gasteiger partial charge >= 0.3 is 5.97 Å². The molecule has 11 N–H and O–H groups in total. The molecule has 55 heavy (non-hydrogen) atoms. The quantitative estimate of drug-likeness (QED) is 0.0816. The number of aliphatic carboxylic acids is 1. The van der Waals surface area contributed by atoms with Gasteiger partial charge in [0.2, 0.25) is 17.6 Å². The number of carbonyl (C=O) groups is 6. The topological polar surface area (TPSA) is 313 Å². The van der Waals surface area contributed by atoms with Crippen LogP contribution in [-0.2, 0) is 35.1 Å². The van der Waals surface area contributed by atoms with E-state index in [0.717, 1.165) is 6.92 Å². The maximum atomic E-state index is 14.0. The molecule has 2 amide bonds. The van der Waals surface area contributed by atoms with Crippen LogP contribution in [0.25, 0.3) is 0 Å². The van der Waals surface area contributed by atoms with E-state index in [0.29, 0.717) is 24.3 Å². The Balaban J connectivity index is 1.58. The van der Waals surface area contributed by atoms with Crippen LogP contribution in [0, 0.1) is 0 Å². The normalized spacial score (nSPS) is 25.6. The zero-order chi connectivity index (χ0) is 40.7. The number of aliphatic hydroxyl groups excluding tert-OH is 1. The molecule has 0 spiro atoms. The lowest BCUT2D eigenvalue weighted by molar-refractivity contribution is -0.257. The van der Waals surface area contributed by atoms with Crippen LogP contribution >= 0.6 is 0 Å². The molecule has 3 aliphatic rings. The number of hydrogen-bond acceptors (Lipinski definition) is 16. The Morgan fingerprint density at radius 2 is 1.67 bits per heavy atom. The molecule has 1 aliphatic heterocycles. The number of carbonyl (C=O) groups excluding carboxylic acids is 5. The second-order valence-corrected chi connectivity index (χ2v) is 14.2. The summed E-state index contributed by atoms with van der Waals surface area (Å²) in [6.07, 6.45) is -7.24. The first-order valence-corrected chi connectivity index (χ1v) is 17.8. The van der Waals surface area contributed by atoms with Crippen LogP contribution in [0.4, 0.5) is 0 Å². The third-order valence-corrected chi connectivity index (χ3v) is 10.5. The van der Waals surface area contributed by atoms with Crippen molar-refractivity contribution in [2.75, 3.05) is 13.7 Å². The highest BCUT2D eigenvalue weighted by Crippen LogP contribution is 2.52. The third kappa shape index (κ3) is 7.58. The Kier molecular flexibility index (Phi) is 12.1. The summed E-state index contributed by atoms with van der Waals surface area (Å²) < 4.78 is 17.5. The maximum absolute atomic E-state index is 14.0. The van der Waals surface area contributed by atoms with Gasteiger partial charge in [-0.05, 0) is 39.3 Å². The van der Waals surface area contributed by atoms with Gasteiger partial charge in [-0.25, -0.2) is 0 Å².